The summed E-state index contributed by atoms with van der Waals surface area (Å²) < 4.78 is 11.2. The van der Waals surface area contributed by atoms with Crippen LogP contribution in [0.15, 0.2) is 116 Å². The first-order valence-corrected chi connectivity index (χ1v) is 16.2. The number of benzene rings is 3. The molecule has 0 aliphatic carbocycles. The number of hydrogen-bond acceptors (Lipinski definition) is 7. The van der Waals surface area contributed by atoms with Gasteiger partial charge in [0.2, 0.25) is 11.8 Å². The van der Waals surface area contributed by atoms with E-state index in [-0.39, 0.29) is 45.1 Å². The number of allylic oxidation sites excluding steroid dienone is 2. The minimum Gasteiger partial charge on any atom is -0.463 e. The summed E-state index contributed by atoms with van der Waals surface area (Å²) in [4.78, 5) is 55.1. The third-order valence-corrected chi connectivity index (χ3v) is 7.78. The number of nitrogens with one attached hydrogen (secondary N) is 1. The number of aliphatic hydroxyl groups excluding tert-OH is 1. The van der Waals surface area contributed by atoms with Crippen LogP contribution in [-0.2, 0) is 48.2 Å². The normalized spacial score (nSPS) is 12.5. The van der Waals surface area contributed by atoms with Crippen molar-refractivity contribution in [2.24, 2.45) is 11.8 Å². The van der Waals surface area contributed by atoms with E-state index in [0.717, 1.165) is 16.7 Å². The third-order valence-electron chi connectivity index (χ3n) is 7.78. The maximum atomic E-state index is 13.6. The first kappa shape index (κ1) is 37.4. The zero-order chi connectivity index (χ0) is 34.6. The van der Waals surface area contributed by atoms with Crippen molar-refractivity contribution in [3.63, 3.8) is 0 Å². The summed E-state index contributed by atoms with van der Waals surface area (Å²) in [6.45, 7) is 7.13. The van der Waals surface area contributed by atoms with E-state index in [9.17, 15) is 24.3 Å². The monoisotopic (exact) mass is 654 g/mol. The summed E-state index contributed by atoms with van der Waals surface area (Å²) in [5.41, 5.74) is 2.60. The molecule has 3 aromatic rings. The molecule has 48 heavy (non-hydrogen) atoms. The zero-order valence-corrected chi connectivity index (χ0v) is 27.4. The molecular formula is C39H46N2O7. The lowest BCUT2D eigenvalue weighted by Crippen LogP contribution is -2.48. The third kappa shape index (κ3) is 13.0. The van der Waals surface area contributed by atoms with Crippen molar-refractivity contribution in [2.45, 2.75) is 51.3 Å². The van der Waals surface area contributed by atoms with Crippen LogP contribution in [0.3, 0.4) is 0 Å². The summed E-state index contributed by atoms with van der Waals surface area (Å²) in [5.74, 6) is -3.57. The predicted octanol–water partition coefficient (Wildman–Crippen LogP) is 5.19. The highest BCUT2D eigenvalue weighted by Gasteiger charge is 2.31. The van der Waals surface area contributed by atoms with Gasteiger partial charge in [0.1, 0.15) is 13.2 Å². The fraction of sp³-hybridized carbons (Fsp3) is 0.333. The SMILES string of the molecule is C=CCC[C@H](Cc1ccccc1)C(=O)OC[C@@H](NC(=O)[C@H](CC=C)CC(=O)N(CCO)Cc1ccccc1)C(=O)OCc1ccccc1. The molecule has 254 valence electrons. The number of carbonyl (C=O) groups is 4. The van der Waals surface area contributed by atoms with Gasteiger partial charge in [-0.1, -0.05) is 103 Å². The van der Waals surface area contributed by atoms with Crippen LogP contribution < -0.4 is 5.32 Å². The first-order valence-electron chi connectivity index (χ1n) is 16.2. The van der Waals surface area contributed by atoms with E-state index < -0.39 is 42.3 Å². The molecular weight excluding hydrogens is 608 g/mol. The maximum absolute atomic E-state index is 13.6. The van der Waals surface area contributed by atoms with Gasteiger partial charge in [0, 0.05) is 19.5 Å². The van der Waals surface area contributed by atoms with Crippen LogP contribution in [0.5, 0.6) is 0 Å². The first-order chi connectivity index (χ1) is 23.3. The average Bonchev–Trinajstić information content (AvgIpc) is 3.11. The van der Waals surface area contributed by atoms with Gasteiger partial charge in [0.05, 0.1) is 18.4 Å². The summed E-state index contributed by atoms with van der Waals surface area (Å²) in [7, 11) is 0. The Morgan fingerprint density at radius 1 is 0.771 bits per heavy atom. The molecule has 2 amide bonds. The highest BCUT2D eigenvalue weighted by atomic mass is 16.6. The lowest BCUT2D eigenvalue weighted by Gasteiger charge is -2.25. The Morgan fingerprint density at radius 2 is 1.38 bits per heavy atom. The van der Waals surface area contributed by atoms with Crippen LogP contribution in [0.2, 0.25) is 0 Å². The van der Waals surface area contributed by atoms with Crippen LogP contribution in [0.4, 0.5) is 0 Å². The van der Waals surface area contributed by atoms with Gasteiger partial charge in [0.15, 0.2) is 6.04 Å². The van der Waals surface area contributed by atoms with Crippen LogP contribution in [-0.4, -0.2) is 59.6 Å². The van der Waals surface area contributed by atoms with Crippen molar-refractivity contribution in [1.82, 2.24) is 10.2 Å². The second-order valence-electron chi connectivity index (χ2n) is 11.5. The molecule has 0 bridgehead atoms. The van der Waals surface area contributed by atoms with Crippen molar-refractivity contribution in [2.75, 3.05) is 19.8 Å². The van der Waals surface area contributed by atoms with Crippen molar-refractivity contribution in [3.8, 4) is 0 Å². The van der Waals surface area contributed by atoms with Crippen LogP contribution in [0, 0.1) is 11.8 Å². The molecule has 0 fully saturated rings. The summed E-state index contributed by atoms with van der Waals surface area (Å²) in [6.07, 6.45) is 4.78. The Labute approximate surface area is 283 Å². The lowest BCUT2D eigenvalue weighted by atomic mass is 9.95. The summed E-state index contributed by atoms with van der Waals surface area (Å²) in [5, 5.41) is 12.3. The molecule has 0 spiro atoms. The molecule has 0 aliphatic rings. The summed E-state index contributed by atoms with van der Waals surface area (Å²) >= 11 is 0. The van der Waals surface area contributed by atoms with E-state index in [1.54, 1.807) is 18.2 Å². The van der Waals surface area contributed by atoms with E-state index >= 15 is 0 Å². The van der Waals surface area contributed by atoms with Crippen molar-refractivity contribution in [3.05, 3.63) is 133 Å². The van der Waals surface area contributed by atoms with Crippen molar-refractivity contribution < 1.29 is 33.8 Å². The van der Waals surface area contributed by atoms with Gasteiger partial charge in [-0.05, 0) is 42.4 Å². The standard InChI is InChI=1S/C39H46N2O7/c1-3-5-22-34(25-30-16-9-6-10-17-30)38(45)48-29-35(39(46)47-28-32-20-13-8-14-21-32)40-37(44)33(15-4-2)26-36(43)41(23-24-42)27-31-18-11-7-12-19-31/h3-4,6-14,16-21,33-35,42H,1-2,5,15,22-29H2,(H,40,44)/t33-,34-,35-/m1/s1. The van der Waals surface area contributed by atoms with Crippen LogP contribution in [0.25, 0.3) is 0 Å². The molecule has 0 saturated heterocycles. The predicted molar refractivity (Wildman–Crippen MR) is 184 cm³/mol. The number of carbonyl (C=O) groups excluding carboxylic acids is 4. The van der Waals surface area contributed by atoms with Gasteiger partial charge >= 0.3 is 11.9 Å². The molecule has 3 aromatic carbocycles. The number of aliphatic hydroxyl groups is 1. The summed E-state index contributed by atoms with van der Waals surface area (Å²) in [6, 6.07) is 26.6. The molecule has 0 aromatic heterocycles. The fourth-order valence-electron chi connectivity index (χ4n) is 5.13. The Kier molecular flexibility index (Phi) is 16.4. The number of amides is 2. The van der Waals surface area contributed by atoms with Crippen molar-refractivity contribution >= 4 is 23.8 Å². The molecule has 0 heterocycles. The van der Waals surface area contributed by atoms with Gasteiger partial charge in [-0.25, -0.2) is 4.79 Å². The molecule has 3 rings (SSSR count). The topological polar surface area (TPSA) is 122 Å². The largest absolute Gasteiger partial charge is 0.463 e. The van der Waals surface area contributed by atoms with E-state index in [2.05, 4.69) is 18.5 Å². The van der Waals surface area contributed by atoms with Gasteiger partial charge in [-0.2, -0.15) is 0 Å². The number of rotatable bonds is 21. The number of nitrogens with zero attached hydrogens (tertiary/aromatic N) is 1. The second-order valence-corrected chi connectivity index (χ2v) is 11.5. The van der Waals surface area contributed by atoms with Crippen molar-refractivity contribution in [1.29, 1.82) is 0 Å². The molecule has 0 aliphatic heterocycles. The van der Waals surface area contributed by atoms with E-state index in [0.29, 0.717) is 19.3 Å². The van der Waals surface area contributed by atoms with Gasteiger partial charge < -0.3 is 24.8 Å². The number of hydrogen-bond donors (Lipinski definition) is 2. The molecule has 0 saturated carbocycles. The Morgan fingerprint density at radius 3 is 1.96 bits per heavy atom. The maximum Gasteiger partial charge on any atom is 0.332 e. The number of esters is 2. The Hall–Kier alpha value is -5.02. The Balaban J connectivity index is 1.74. The number of ether oxygens (including phenoxy) is 2. The Bertz CT molecular complexity index is 1450. The zero-order valence-electron chi connectivity index (χ0n) is 27.4. The highest BCUT2D eigenvalue weighted by molar-refractivity contribution is 5.89. The van der Waals surface area contributed by atoms with Gasteiger partial charge in [-0.15, -0.1) is 13.2 Å². The minimum atomic E-state index is -1.32. The highest BCUT2D eigenvalue weighted by Crippen LogP contribution is 2.18. The quantitative estimate of drug-likeness (QED) is 0.120. The molecule has 9 heteroatoms. The van der Waals surface area contributed by atoms with Gasteiger partial charge in [-0.3, -0.25) is 14.4 Å². The lowest BCUT2D eigenvalue weighted by molar-refractivity contribution is -0.157. The molecule has 0 radical (unpaired) electrons. The van der Waals surface area contributed by atoms with E-state index in [1.165, 1.54) is 11.0 Å². The molecule has 2 N–H and O–H groups in total. The smallest absolute Gasteiger partial charge is 0.332 e. The second kappa shape index (κ2) is 21.0. The van der Waals surface area contributed by atoms with Crippen LogP contribution in [0.1, 0.15) is 42.4 Å². The molecule has 0 unspecified atom stereocenters. The van der Waals surface area contributed by atoms with E-state index in [1.807, 2.05) is 78.9 Å². The fourth-order valence-corrected chi connectivity index (χ4v) is 5.13. The van der Waals surface area contributed by atoms with Gasteiger partial charge in [0.25, 0.3) is 0 Å². The average molecular weight is 655 g/mol. The van der Waals surface area contributed by atoms with Crippen LogP contribution >= 0.6 is 0 Å². The molecule has 3 atom stereocenters. The minimum absolute atomic E-state index is 0.0415. The van der Waals surface area contributed by atoms with E-state index in [4.69, 9.17) is 9.47 Å². The molecule has 9 nitrogen and oxygen atoms in total.